The van der Waals surface area contributed by atoms with Gasteiger partial charge in [-0.3, -0.25) is 9.88 Å². The number of aromatic nitrogens is 5. The number of alkyl halides is 3. The molecule has 4 aromatic rings. The zero-order valence-electron chi connectivity index (χ0n) is 17.5. The quantitative estimate of drug-likeness (QED) is 0.456. The van der Waals surface area contributed by atoms with Crippen LogP contribution in [0.5, 0.6) is 0 Å². The number of pyridine rings is 1. The van der Waals surface area contributed by atoms with Crippen molar-refractivity contribution >= 4 is 0 Å². The van der Waals surface area contributed by atoms with Crippen LogP contribution >= 0.6 is 0 Å². The first-order valence-electron chi connectivity index (χ1n) is 10.4. The molecule has 0 saturated heterocycles. The molecule has 0 bridgehead atoms. The zero-order valence-corrected chi connectivity index (χ0v) is 17.5. The van der Waals surface area contributed by atoms with E-state index in [9.17, 15) is 13.2 Å². The Labute approximate surface area is 188 Å². The molecule has 4 heterocycles. The van der Waals surface area contributed by atoms with Crippen molar-refractivity contribution < 1.29 is 13.2 Å². The number of hydrogen-bond donors (Lipinski definition) is 0. The first-order valence-corrected chi connectivity index (χ1v) is 10.4. The van der Waals surface area contributed by atoms with E-state index < -0.39 is 11.7 Å². The Balaban J connectivity index is 1.27. The van der Waals surface area contributed by atoms with Crippen LogP contribution < -0.4 is 0 Å². The summed E-state index contributed by atoms with van der Waals surface area (Å²) in [6, 6.07) is 8.89. The fourth-order valence-corrected chi connectivity index (χ4v) is 3.87. The van der Waals surface area contributed by atoms with Gasteiger partial charge in [0, 0.05) is 62.0 Å². The minimum atomic E-state index is -4.38. The summed E-state index contributed by atoms with van der Waals surface area (Å²) in [6.45, 7) is 2.24. The molecule has 5 rings (SSSR count). The van der Waals surface area contributed by atoms with E-state index in [1.807, 2.05) is 12.3 Å². The van der Waals surface area contributed by atoms with Gasteiger partial charge in [0.05, 0.1) is 22.5 Å². The maximum absolute atomic E-state index is 13.0. The van der Waals surface area contributed by atoms with Crippen LogP contribution in [0.25, 0.3) is 22.6 Å². The Kier molecular flexibility index (Phi) is 5.55. The van der Waals surface area contributed by atoms with Crippen LogP contribution in [0.15, 0.2) is 67.5 Å². The van der Waals surface area contributed by atoms with Gasteiger partial charge in [-0.25, -0.2) is 19.9 Å². The molecule has 0 atom stereocenters. The molecule has 33 heavy (non-hydrogen) atoms. The normalized spacial score (nSPS) is 14.2. The lowest BCUT2D eigenvalue weighted by Gasteiger charge is -2.28. The zero-order chi connectivity index (χ0) is 22.8. The van der Waals surface area contributed by atoms with Gasteiger partial charge in [0.15, 0.2) is 5.82 Å². The highest BCUT2D eigenvalue weighted by molar-refractivity contribution is 5.60. The standard InChI is InChI=1S/C24H19F3N6/c25-24(26,27)20-3-1-2-17(8-20)21-5-4-16(9-30-21)13-33-7-6-22-19(14-33)12-31-23(32-22)18-10-28-15-29-11-18/h1-5,8-12,15H,6-7,13-14H2. The second-order valence-corrected chi connectivity index (χ2v) is 7.88. The summed E-state index contributed by atoms with van der Waals surface area (Å²) in [5.74, 6) is 0.622. The molecule has 1 aliphatic rings. The molecule has 0 amide bonds. The fraction of sp³-hybridized carbons (Fsp3) is 0.208. The summed E-state index contributed by atoms with van der Waals surface area (Å²) in [7, 11) is 0. The molecule has 9 heteroatoms. The highest BCUT2D eigenvalue weighted by Gasteiger charge is 2.30. The predicted octanol–water partition coefficient (Wildman–Crippen LogP) is 4.57. The van der Waals surface area contributed by atoms with Crippen molar-refractivity contribution in [3.63, 3.8) is 0 Å². The third kappa shape index (κ3) is 4.73. The van der Waals surface area contributed by atoms with E-state index in [4.69, 9.17) is 0 Å². The van der Waals surface area contributed by atoms with Crippen molar-refractivity contribution in [3.05, 3.63) is 89.9 Å². The largest absolute Gasteiger partial charge is 0.416 e. The van der Waals surface area contributed by atoms with Gasteiger partial charge in [0.1, 0.15) is 6.33 Å². The van der Waals surface area contributed by atoms with Crippen molar-refractivity contribution in [2.45, 2.75) is 25.7 Å². The van der Waals surface area contributed by atoms with E-state index in [2.05, 4.69) is 29.8 Å². The second kappa shape index (κ2) is 8.67. The maximum Gasteiger partial charge on any atom is 0.416 e. The van der Waals surface area contributed by atoms with Crippen molar-refractivity contribution in [2.24, 2.45) is 0 Å². The lowest BCUT2D eigenvalue weighted by Crippen LogP contribution is -2.31. The Hall–Kier alpha value is -3.72. The van der Waals surface area contributed by atoms with Crippen LogP contribution in [0.2, 0.25) is 0 Å². The van der Waals surface area contributed by atoms with Crippen LogP contribution in [-0.2, 0) is 25.7 Å². The monoisotopic (exact) mass is 448 g/mol. The van der Waals surface area contributed by atoms with Crippen molar-refractivity contribution in [3.8, 4) is 22.6 Å². The Morgan fingerprint density at radius 3 is 2.52 bits per heavy atom. The number of benzene rings is 1. The van der Waals surface area contributed by atoms with Crippen LogP contribution in [0.4, 0.5) is 13.2 Å². The summed E-state index contributed by atoms with van der Waals surface area (Å²) in [4.78, 5) is 23.9. The molecule has 166 valence electrons. The summed E-state index contributed by atoms with van der Waals surface area (Å²) >= 11 is 0. The Bertz CT molecular complexity index is 1260. The second-order valence-electron chi connectivity index (χ2n) is 7.88. The number of fused-ring (bicyclic) bond motifs is 1. The van der Waals surface area contributed by atoms with E-state index >= 15 is 0 Å². The first kappa shape index (κ1) is 21.1. The summed E-state index contributed by atoms with van der Waals surface area (Å²) in [6.07, 6.45) is 4.86. The van der Waals surface area contributed by atoms with Crippen molar-refractivity contribution in [1.29, 1.82) is 0 Å². The average molecular weight is 448 g/mol. The smallest absolute Gasteiger partial charge is 0.294 e. The van der Waals surface area contributed by atoms with Gasteiger partial charge in [0.2, 0.25) is 0 Å². The third-order valence-electron chi connectivity index (χ3n) is 5.55. The van der Waals surface area contributed by atoms with Crippen LogP contribution in [0, 0.1) is 0 Å². The van der Waals surface area contributed by atoms with Gasteiger partial charge < -0.3 is 0 Å². The Morgan fingerprint density at radius 1 is 0.909 bits per heavy atom. The van der Waals surface area contributed by atoms with Gasteiger partial charge in [0.25, 0.3) is 0 Å². The Morgan fingerprint density at radius 2 is 1.76 bits per heavy atom. The van der Waals surface area contributed by atoms with Crippen molar-refractivity contribution in [1.82, 2.24) is 29.8 Å². The molecule has 0 spiro atoms. The van der Waals surface area contributed by atoms with E-state index in [1.165, 1.54) is 12.4 Å². The SMILES string of the molecule is FC(F)(F)c1cccc(-c2ccc(CN3CCc4nc(-c5cncnc5)ncc4C3)cn2)c1. The lowest BCUT2D eigenvalue weighted by molar-refractivity contribution is -0.137. The first-order chi connectivity index (χ1) is 16.0. The summed E-state index contributed by atoms with van der Waals surface area (Å²) < 4.78 is 38.9. The molecular formula is C24H19F3N6. The molecule has 1 aromatic carbocycles. The van der Waals surface area contributed by atoms with E-state index in [-0.39, 0.29) is 0 Å². The maximum atomic E-state index is 13.0. The third-order valence-corrected chi connectivity index (χ3v) is 5.55. The average Bonchev–Trinajstić information content (AvgIpc) is 2.84. The van der Waals surface area contributed by atoms with Gasteiger partial charge in [-0.05, 0) is 23.8 Å². The number of rotatable bonds is 4. The summed E-state index contributed by atoms with van der Waals surface area (Å²) in [5.41, 5.74) is 4.17. The van der Waals surface area contributed by atoms with Gasteiger partial charge in [-0.15, -0.1) is 0 Å². The lowest BCUT2D eigenvalue weighted by atomic mass is 10.1. The number of nitrogens with zero attached hydrogens (tertiary/aromatic N) is 6. The molecule has 6 nitrogen and oxygen atoms in total. The number of halogens is 3. The highest BCUT2D eigenvalue weighted by Crippen LogP contribution is 2.31. The van der Waals surface area contributed by atoms with Crippen molar-refractivity contribution in [2.75, 3.05) is 6.54 Å². The van der Waals surface area contributed by atoms with E-state index in [0.717, 1.165) is 54.0 Å². The van der Waals surface area contributed by atoms with Gasteiger partial charge in [-0.1, -0.05) is 18.2 Å². The minimum absolute atomic E-state index is 0.444. The molecule has 0 fully saturated rings. The minimum Gasteiger partial charge on any atom is -0.294 e. The highest BCUT2D eigenvalue weighted by atomic mass is 19.4. The molecule has 0 saturated carbocycles. The number of hydrogen-bond acceptors (Lipinski definition) is 6. The molecular weight excluding hydrogens is 429 g/mol. The molecule has 0 unspecified atom stereocenters. The van der Waals surface area contributed by atoms with Gasteiger partial charge in [-0.2, -0.15) is 13.2 Å². The topological polar surface area (TPSA) is 67.7 Å². The molecule has 3 aromatic heterocycles. The molecule has 0 radical (unpaired) electrons. The summed E-state index contributed by atoms with van der Waals surface area (Å²) in [5, 5.41) is 0. The van der Waals surface area contributed by atoms with Gasteiger partial charge >= 0.3 is 6.18 Å². The van der Waals surface area contributed by atoms with Crippen LogP contribution in [0.3, 0.4) is 0 Å². The fourth-order valence-electron chi connectivity index (χ4n) is 3.87. The predicted molar refractivity (Wildman–Crippen MR) is 116 cm³/mol. The molecule has 0 aliphatic carbocycles. The molecule has 1 aliphatic heterocycles. The van der Waals surface area contributed by atoms with E-state index in [1.54, 1.807) is 30.7 Å². The van der Waals surface area contributed by atoms with Crippen LogP contribution in [0.1, 0.15) is 22.4 Å². The van der Waals surface area contributed by atoms with E-state index in [0.29, 0.717) is 23.6 Å². The van der Waals surface area contributed by atoms with Crippen LogP contribution in [-0.4, -0.2) is 36.4 Å². The molecule has 0 N–H and O–H groups in total.